The van der Waals surface area contributed by atoms with E-state index in [4.69, 9.17) is 4.74 Å². The summed E-state index contributed by atoms with van der Waals surface area (Å²) in [4.78, 5) is 14.6. The molecular formula is C17H31NO3. The molecule has 1 saturated heterocycles. The van der Waals surface area contributed by atoms with Crippen LogP contribution >= 0.6 is 0 Å². The Hall–Kier alpha value is -0.610. The van der Waals surface area contributed by atoms with Crippen molar-refractivity contribution >= 4 is 5.91 Å². The Labute approximate surface area is 128 Å². The molecule has 4 heteroatoms. The number of aliphatic hydroxyl groups is 1. The van der Waals surface area contributed by atoms with Crippen molar-refractivity contribution in [2.45, 2.75) is 69.8 Å². The minimum atomic E-state index is -0.732. The molecule has 0 spiro atoms. The summed E-state index contributed by atoms with van der Waals surface area (Å²) in [7, 11) is 1.73. The van der Waals surface area contributed by atoms with Crippen LogP contribution in [0.25, 0.3) is 0 Å². The van der Waals surface area contributed by atoms with Gasteiger partial charge in [-0.05, 0) is 38.0 Å². The van der Waals surface area contributed by atoms with Crippen LogP contribution in [0.4, 0.5) is 0 Å². The molecule has 2 aliphatic rings. The Kier molecular flexibility index (Phi) is 6.49. The maximum Gasteiger partial charge on any atom is 0.225 e. The molecule has 0 aromatic heterocycles. The van der Waals surface area contributed by atoms with E-state index in [1.807, 2.05) is 4.90 Å². The quantitative estimate of drug-likeness (QED) is 0.849. The van der Waals surface area contributed by atoms with Crippen LogP contribution in [0.3, 0.4) is 0 Å². The summed E-state index contributed by atoms with van der Waals surface area (Å²) in [6.07, 6.45) is 9.72. The van der Waals surface area contributed by atoms with Gasteiger partial charge in [-0.3, -0.25) is 4.79 Å². The minimum Gasteiger partial charge on any atom is -0.389 e. The topological polar surface area (TPSA) is 49.8 Å². The largest absolute Gasteiger partial charge is 0.389 e. The van der Waals surface area contributed by atoms with Crippen molar-refractivity contribution in [3.8, 4) is 0 Å². The van der Waals surface area contributed by atoms with Crippen molar-refractivity contribution < 1.29 is 14.6 Å². The van der Waals surface area contributed by atoms with E-state index in [-0.39, 0.29) is 5.91 Å². The zero-order chi connectivity index (χ0) is 15.1. The maximum absolute atomic E-state index is 12.6. The fourth-order valence-electron chi connectivity index (χ4n) is 3.76. The third kappa shape index (κ3) is 5.26. The second-order valence-corrected chi connectivity index (χ2v) is 6.94. The number of likely N-dealkylation sites (tertiary alicyclic amines) is 1. The standard InChI is InChI=1S/C17H31NO3/c1-21-12-8-15-7-3-6-11-18(14-15)16(19)13-17(20)9-4-2-5-10-17/h15,20H,2-14H2,1H3. The van der Waals surface area contributed by atoms with Gasteiger partial charge in [0.15, 0.2) is 0 Å². The second kappa shape index (κ2) is 8.14. The molecule has 0 aromatic rings. The van der Waals surface area contributed by atoms with Gasteiger partial charge in [0, 0.05) is 26.8 Å². The van der Waals surface area contributed by atoms with Gasteiger partial charge in [0.05, 0.1) is 12.0 Å². The van der Waals surface area contributed by atoms with Crippen LogP contribution in [0.1, 0.15) is 64.2 Å². The zero-order valence-corrected chi connectivity index (χ0v) is 13.5. The molecule has 2 rings (SSSR count). The number of hydrogen-bond donors (Lipinski definition) is 1. The van der Waals surface area contributed by atoms with E-state index in [0.717, 1.165) is 58.2 Å². The van der Waals surface area contributed by atoms with Gasteiger partial charge in [-0.1, -0.05) is 25.7 Å². The number of amides is 1. The lowest BCUT2D eigenvalue weighted by Gasteiger charge is -2.34. The molecule has 1 heterocycles. The Morgan fingerprint density at radius 2 is 2.00 bits per heavy atom. The summed E-state index contributed by atoms with van der Waals surface area (Å²) in [6.45, 7) is 2.48. The van der Waals surface area contributed by atoms with Crippen LogP contribution in [-0.2, 0) is 9.53 Å². The molecule has 2 fully saturated rings. The highest BCUT2D eigenvalue weighted by Gasteiger charge is 2.34. The molecule has 1 N–H and O–H groups in total. The molecule has 1 unspecified atom stereocenters. The van der Waals surface area contributed by atoms with Gasteiger partial charge in [0.2, 0.25) is 5.91 Å². The molecule has 1 aliphatic heterocycles. The average molecular weight is 297 g/mol. The number of rotatable bonds is 5. The summed E-state index contributed by atoms with van der Waals surface area (Å²) < 4.78 is 5.18. The van der Waals surface area contributed by atoms with Crippen molar-refractivity contribution in [3.63, 3.8) is 0 Å². The smallest absolute Gasteiger partial charge is 0.225 e. The minimum absolute atomic E-state index is 0.156. The van der Waals surface area contributed by atoms with Crippen LogP contribution in [0.15, 0.2) is 0 Å². The molecule has 1 amide bonds. The molecule has 1 aliphatic carbocycles. The summed E-state index contributed by atoms with van der Waals surface area (Å²) in [5.41, 5.74) is -0.732. The molecular weight excluding hydrogens is 266 g/mol. The van der Waals surface area contributed by atoms with Crippen LogP contribution in [0, 0.1) is 5.92 Å². The van der Waals surface area contributed by atoms with Crippen molar-refractivity contribution in [2.75, 3.05) is 26.8 Å². The van der Waals surface area contributed by atoms with Crippen molar-refractivity contribution in [1.29, 1.82) is 0 Å². The van der Waals surface area contributed by atoms with Gasteiger partial charge in [-0.2, -0.15) is 0 Å². The van der Waals surface area contributed by atoms with Crippen LogP contribution < -0.4 is 0 Å². The summed E-state index contributed by atoms with van der Waals surface area (Å²) in [5, 5.41) is 10.6. The Balaban J connectivity index is 1.87. The first kappa shape index (κ1) is 16.8. The van der Waals surface area contributed by atoms with Crippen molar-refractivity contribution in [2.24, 2.45) is 5.92 Å². The van der Waals surface area contributed by atoms with Crippen LogP contribution in [0.5, 0.6) is 0 Å². The predicted molar refractivity (Wildman–Crippen MR) is 83.1 cm³/mol. The maximum atomic E-state index is 12.6. The summed E-state index contributed by atoms with van der Waals surface area (Å²) in [6, 6.07) is 0. The number of carbonyl (C=O) groups excluding carboxylic acids is 1. The van der Waals surface area contributed by atoms with E-state index in [1.54, 1.807) is 7.11 Å². The number of nitrogens with zero attached hydrogens (tertiary/aromatic N) is 1. The fourth-order valence-corrected chi connectivity index (χ4v) is 3.76. The predicted octanol–water partition coefficient (Wildman–Crippen LogP) is 2.74. The zero-order valence-electron chi connectivity index (χ0n) is 13.5. The van der Waals surface area contributed by atoms with Crippen molar-refractivity contribution in [1.82, 2.24) is 4.90 Å². The molecule has 1 saturated carbocycles. The molecule has 0 radical (unpaired) electrons. The third-order valence-corrected chi connectivity index (χ3v) is 5.12. The van der Waals surface area contributed by atoms with Crippen molar-refractivity contribution in [3.05, 3.63) is 0 Å². The van der Waals surface area contributed by atoms with Gasteiger partial charge in [0.1, 0.15) is 0 Å². The van der Waals surface area contributed by atoms with E-state index >= 15 is 0 Å². The van der Waals surface area contributed by atoms with E-state index in [2.05, 4.69) is 0 Å². The Morgan fingerprint density at radius 3 is 2.71 bits per heavy atom. The van der Waals surface area contributed by atoms with Gasteiger partial charge >= 0.3 is 0 Å². The summed E-state index contributed by atoms with van der Waals surface area (Å²) >= 11 is 0. The molecule has 0 bridgehead atoms. The van der Waals surface area contributed by atoms with Crippen LogP contribution in [0.2, 0.25) is 0 Å². The normalized spacial score (nSPS) is 26.4. The SMILES string of the molecule is COCCC1CCCCN(C(=O)CC2(O)CCCCC2)C1. The highest BCUT2D eigenvalue weighted by Crippen LogP contribution is 2.32. The first-order valence-electron chi connectivity index (χ1n) is 8.62. The van der Waals surface area contributed by atoms with Gasteiger partial charge < -0.3 is 14.7 Å². The number of methoxy groups -OCH3 is 1. The fraction of sp³-hybridized carbons (Fsp3) is 0.941. The number of carbonyl (C=O) groups is 1. The van der Waals surface area contributed by atoms with Gasteiger partial charge in [-0.25, -0.2) is 0 Å². The van der Waals surface area contributed by atoms with E-state index in [9.17, 15) is 9.90 Å². The van der Waals surface area contributed by atoms with Gasteiger partial charge in [-0.15, -0.1) is 0 Å². The van der Waals surface area contributed by atoms with Crippen LogP contribution in [-0.4, -0.2) is 48.3 Å². The van der Waals surface area contributed by atoms with Gasteiger partial charge in [0.25, 0.3) is 0 Å². The first-order valence-corrected chi connectivity index (χ1v) is 8.62. The molecule has 0 aromatic carbocycles. The lowest BCUT2D eigenvalue weighted by atomic mass is 9.82. The highest BCUT2D eigenvalue weighted by atomic mass is 16.5. The Bertz CT molecular complexity index is 326. The Morgan fingerprint density at radius 1 is 1.24 bits per heavy atom. The van der Waals surface area contributed by atoms with E-state index in [0.29, 0.717) is 12.3 Å². The lowest BCUT2D eigenvalue weighted by Crippen LogP contribution is -2.42. The number of hydrogen-bond acceptors (Lipinski definition) is 3. The van der Waals surface area contributed by atoms with E-state index in [1.165, 1.54) is 19.3 Å². The lowest BCUT2D eigenvalue weighted by molar-refractivity contribution is -0.138. The monoisotopic (exact) mass is 297 g/mol. The summed E-state index contributed by atoms with van der Waals surface area (Å²) in [5.74, 6) is 0.709. The molecule has 4 nitrogen and oxygen atoms in total. The average Bonchev–Trinajstić information content (AvgIpc) is 2.71. The highest BCUT2D eigenvalue weighted by molar-refractivity contribution is 5.77. The first-order chi connectivity index (χ1) is 10.1. The molecule has 21 heavy (non-hydrogen) atoms. The van der Waals surface area contributed by atoms with E-state index < -0.39 is 5.60 Å². The molecule has 1 atom stereocenters. The molecule has 122 valence electrons. The third-order valence-electron chi connectivity index (χ3n) is 5.12. The second-order valence-electron chi connectivity index (χ2n) is 6.94. The number of ether oxygens (including phenoxy) is 1.